The van der Waals surface area contributed by atoms with Gasteiger partial charge in [0.2, 0.25) is 0 Å². The van der Waals surface area contributed by atoms with E-state index in [1.807, 2.05) is 6.92 Å². The van der Waals surface area contributed by atoms with Crippen molar-refractivity contribution >= 4 is 21.9 Å². The van der Waals surface area contributed by atoms with Crippen LogP contribution in [-0.2, 0) is 33.8 Å². The number of nitrogens with zero attached hydrogens (tertiary/aromatic N) is 1. The fraction of sp³-hybridized carbons (Fsp3) is 0.680. The SMILES string of the molecule is Cc1ccc(S(=O)(=O)N2C(=O)OC[C@@H]2C[C@]23OC(C)(C)O[C@H]2[C@@H]2O[C@H]4[C@@H]5C[C@@H]6[C@H]4[C@]6(C3=O)[C@@H]52)cc1. The lowest BCUT2D eigenvalue weighted by Gasteiger charge is -2.47. The van der Waals surface area contributed by atoms with Crippen molar-refractivity contribution in [2.45, 2.75) is 74.3 Å². The number of rotatable bonds is 4. The molecule has 186 valence electrons. The lowest BCUT2D eigenvalue weighted by molar-refractivity contribution is -0.183. The van der Waals surface area contributed by atoms with Gasteiger partial charge in [0, 0.05) is 23.7 Å². The minimum atomic E-state index is -4.19. The van der Waals surface area contributed by atoms with Gasteiger partial charge in [-0.05, 0) is 51.2 Å². The number of carbonyl (C=O) groups is 2. The number of hydrogen-bond acceptors (Lipinski definition) is 8. The Kier molecular flexibility index (Phi) is 3.58. The number of carbonyl (C=O) groups excluding carboxylic acids is 2. The first-order chi connectivity index (χ1) is 16.5. The molecule has 6 bridgehead atoms. The normalized spacial score (nSPS) is 49.5. The highest BCUT2D eigenvalue weighted by Crippen LogP contribution is 2.88. The monoisotopic (exact) mass is 501 g/mol. The third-order valence-corrected chi connectivity index (χ3v) is 11.7. The van der Waals surface area contributed by atoms with Gasteiger partial charge >= 0.3 is 6.09 Å². The van der Waals surface area contributed by atoms with Crippen molar-refractivity contribution in [3.8, 4) is 0 Å². The van der Waals surface area contributed by atoms with Crippen molar-refractivity contribution in [1.29, 1.82) is 0 Å². The number of benzene rings is 1. The molecule has 0 radical (unpaired) electrons. The average Bonchev–Trinajstić information content (AvgIpc) is 3.38. The van der Waals surface area contributed by atoms with Crippen LogP contribution in [0.2, 0.25) is 0 Å². The molecule has 9 rings (SSSR count). The summed E-state index contributed by atoms with van der Waals surface area (Å²) in [5.41, 5.74) is -0.927. The molecule has 8 fully saturated rings. The van der Waals surface area contributed by atoms with Crippen LogP contribution < -0.4 is 0 Å². The fourth-order valence-corrected chi connectivity index (χ4v) is 10.5. The molecule has 3 heterocycles. The molecule has 5 saturated carbocycles. The van der Waals surface area contributed by atoms with E-state index in [1.165, 1.54) is 12.1 Å². The molecule has 10 heteroatoms. The second-order valence-electron chi connectivity index (χ2n) is 11.9. The first kappa shape index (κ1) is 21.1. The van der Waals surface area contributed by atoms with Gasteiger partial charge in [-0.2, -0.15) is 4.31 Å². The first-order valence-electron chi connectivity index (χ1n) is 12.4. The molecule has 8 aliphatic rings. The zero-order valence-corrected chi connectivity index (χ0v) is 20.5. The molecule has 0 aromatic heterocycles. The lowest BCUT2D eigenvalue weighted by atomic mass is 9.64. The number of hydrogen-bond donors (Lipinski definition) is 0. The highest BCUT2D eigenvalue weighted by atomic mass is 32.2. The number of Topliss-reactive ketones (excluding diaryl/α,β-unsaturated/α-hetero) is 1. The van der Waals surface area contributed by atoms with Gasteiger partial charge in [-0.1, -0.05) is 17.7 Å². The van der Waals surface area contributed by atoms with Crippen molar-refractivity contribution in [3.05, 3.63) is 29.8 Å². The highest BCUT2D eigenvalue weighted by Gasteiger charge is 2.95. The molecule has 9 nitrogen and oxygen atoms in total. The maximum atomic E-state index is 14.4. The summed E-state index contributed by atoms with van der Waals surface area (Å²) in [5.74, 6) is 0.0934. The van der Waals surface area contributed by atoms with E-state index in [0.29, 0.717) is 11.8 Å². The second kappa shape index (κ2) is 5.93. The molecule has 1 amide bonds. The van der Waals surface area contributed by atoms with E-state index >= 15 is 0 Å². The summed E-state index contributed by atoms with van der Waals surface area (Å²) in [6.45, 7) is 5.26. The Morgan fingerprint density at radius 2 is 1.83 bits per heavy atom. The van der Waals surface area contributed by atoms with Crippen LogP contribution in [0.25, 0.3) is 0 Å². The number of ether oxygens (including phenoxy) is 4. The number of fused-ring (bicyclic) bond motifs is 2. The molecule has 0 N–H and O–H groups in total. The average molecular weight is 502 g/mol. The molecule has 0 unspecified atom stereocenters. The predicted octanol–water partition coefficient (Wildman–Crippen LogP) is 2.02. The number of ketones is 1. The number of amides is 1. The molecule has 1 spiro atoms. The Morgan fingerprint density at radius 1 is 1.09 bits per heavy atom. The summed E-state index contributed by atoms with van der Waals surface area (Å²) in [7, 11) is -4.19. The summed E-state index contributed by atoms with van der Waals surface area (Å²) in [6, 6.07) is 5.43. The van der Waals surface area contributed by atoms with Crippen LogP contribution in [0.15, 0.2) is 29.2 Å². The van der Waals surface area contributed by atoms with E-state index in [0.717, 1.165) is 16.3 Å². The Labute approximate surface area is 203 Å². The molecular formula is C25H27NO8S. The number of cyclic esters (lactones) is 1. The van der Waals surface area contributed by atoms with Gasteiger partial charge in [0.25, 0.3) is 10.0 Å². The van der Waals surface area contributed by atoms with E-state index in [1.54, 1.807) is 26.0 Å². The quantitative estimate of drug-likeness (QED) is 0.617. The zero-order chi connectivity index (χ0) is 24.3. The van der Waals surface area contributed by atoms with Crippen molar-refractivity contribution < 1.29 is 37.0 Å². The Balaban J connectivity index is 1.20. The molecule has 1 aromatic carbocycles. The van der Waals surface area contributed by atoms with E-state index in [-0.39, 0.29) is 47.8 Å². The van der Waals surface area contributed by atoms with Crippen LogP contribution in [0.1, 0.15) is 32.3 Å². The van der Waals surface area contributed by atoms with Gasteiger partial charge in [-0.3, -0.25) is 4.79 Å². The maximum absolute atomic E-state index is 14.4. The van der Waals surface area contributed by atoms with Gasteiger partial charge < -0.3 is 18.9 Å². The van der Waals surface area contributed by atoms with Crippen LogP contribution >= 0.6 is 0 Å². The first-order valence-corrected chi connectivity index (χ1v) is 13.8. The lowest BCUT2D eigenvalue weighted by Crippen LogP contribution is -2.66. The van der Waals surface area contributed by atoms with Crippen LogP contribution in [0.3, 0.4) is 0 Å². The smallest absolute Gasteiger partial charge is 0.424 e. The van der Waals surface area contributed by atoms with Crippen molar-refractivity contribution in [2.75, 3.05) is 6.61 Å². The van der Waals surface area contributed by atoms with Crippen molar-refractivity contribution in [3.63, 3.8) is 0 Å². The standard InChI is InChI=1S/C25H27NO8S/c1-11-4-6-13(7-5-11)35(29,30)26-12(10-31-22(26)28)9-24-20(33-23(2,3)34-24)19-16-14-8-15-17(18(14)32-19)25(15,16)21(24)27/h4-7,12,14-20H,8-10H2,1-3H3/t12-,14+,15+,16-,17+,18-,19+,20-,24-,25+/m0/s1. The van der Waals surface area contributed by atoms with Crippen molar-refractivity contribution in [1.82, 2.24) is 4.31 Å². The van der Waals surface area contributed by atoms with E-state index in [9.17, 15) is 18.0 Å². The molecule has 3 aliphatic heterocycles. The van der Waals surface area contributed by atoms with Crippen LogP contribution in [0.5, 0.6) is 0 Å². The Bertz CT molecular complexity index is 1310. The van der Waals surface area contributed by atoms with Gasteiger partial charge in [0.15, 0.2) is 17.2 Å². The van der Waals surface area contributed by atoms with Gasteiger partial charge in [0.05, 0.1) is 23.1 Å². The number of aryl methyl sites for hydroxylation is 1. The maximum Gasteiger partial charge on any atom is 0.424 e. The van der Waals surface area contributed by atoms with Crippen LogP contribution in [-0.4, -0.2) is 66.9 Å². The third kappa shape index (κ3) is 2.18. The van der Waals surface area contributed by atoms with Gasteiger partial charge in [0.1, 0.15) is 12.7 Å². The summed E-state index contributed by atoms with van der Waals surface area (Å²) in [4.78, 5) is 27.2. The van der Waals surface area contributed by atoms with E-state index in [4.69, 9.17) is 18.9 Å². The number of sulfonamides is 1. The van der Waals surface area contributed by atoms with Gasteiger partial charge in [-0.25, -0.2) is 13.2 Å². The largest absolute Gasteiger partial charge is 0.446 e. The second-order valence-corrected chi connectivity index (χ2v) is 13.7. The minimum Gasteiger partial charge on any atom is -0.446 e. The summed E-state index contributed by atoms with van der Waals surface area (Å²) >= 11 is 0. The van der Waals surface area contributed by atoms with Crippen LogP contribution in [0.4, 0.5) is 4.79 Å². The van der Waals surface area contributed by atoms with E-state index in [2.05, 4.69) is 0 Å². The van der Waals surface area contributed by atoms with Crippen LogP contribution in [0, 0.1) is 36.0 Å². The molecule has 5 aliphatic carbocycles. The summed E-state index contributed by atoms with van der Waals surface area (Å²) in [6.07, 6.45) is -0.721. The minimum absolute atomic E-state index is 0.00240. The topological polar surface area (TPSA) is 108 Å². The molecular weight excluding hydrogens is 474 g/mol. The van der Waals surface area contributed by atoms with Gasteiger partial charge in [-0.15, -0.1) is 0 Å². The summed E-state index contributed by atoms with van der Waals surface area (Å²) in [5, 5.41) is 0. The zero-order valence-electron chi connectivity index (χ0n) is 19.7. The molecule has 10 atom stereocenters. The van der Waals surface area contributed by atoms with E-state index < -0.39 is 45.1 Å². The molecule has 1 aromatic rings. The Hall–Kier alpha value is -2.01. The molecule has 3 saturated heterocycles. The Morgan fingerprint density at radius 3 is 2.54 bits per heavy atom. The van der Waals surface area contributed by atoms with Crippen molar-refractivity contribution in [2.24, 2.45) is 29.1 Å². The fourth-order valence-electron chi connectivity index (χ4n) is 9.03. The summed E-state index contributed by atoms with van der Waals surface area (Å²) < 4.78 is 52.4. The third-order valence-electron chi connectivity index (χ3n) is 9.87. The highest BCUT2D eigenvalue weighted by molar-refractivity contribution is 7.89. The molecule has 35 heavy (non-hydrogen) atoms. The predicted molar refractivity (Wildman–Crippen MR) is 117 cm³/mol.